The molecular weight excluding hydrogens is 398 g/mol. The number of ether oxygens (including phenoxy) is 2. The summed E-state index contributed by atoms with van der Waals surface area (Å²) in [5, 5.41) is 12.4. The lowest BCUT2D eigenvalue weighted by atomic mass is 9.71. The number of allylic oxidation sites excluding steroid dienone is 1. The van der Waals surface area contributed by atoms with Crippen molar-refractivity contribution in [3.63, 3.8) is 0 Å². The third-order valence-corrected chi connectivity index (χ3v) is 5.19. The Morgan fingerprint density at radius 3 is 2.42 bits per heavy atom. The van der Waals surface area contributed by atoms with Crippen molar-refractivity contribution >= 4 is 17.3 Å². The average molecular weight is 425 g/mol. The fourth-order valence-electron chi connectivity index (χ4n) is 3.94. The summed E-state index contributed by atoms with van der Waals surface area (Å²) in [6.45, 7) is 6.13. The van der Waals surface area contributed by atoms with E-state index < -0.39 is 11.5 Å². The van der Waals surface area contributed by atoms with E-state index in [2.05, 4.69) is 9.97 Å². The van der Waals surface area contributed by atoms with Crippen molar-refractivity contribution in [1.29, 1.82) is 0 Å². The predicted octanol–water partition coefficient (Wildman–Crippen LogP) is 3.22. The van der Waals surface area contributed by atoms with Gasteiger partial charge in [-0.15, -0.1) is 0 Å². The average Bonchev–Trinajstić information content (AvgIpc) is 2.71. The molecule has 0 saturated heterocycles. The van der Waals surface area contributed by atoms with Crippen LogP contribution in [0.25, 0.3) is 5.57 Å². The molecular formula is C22H27N5O4. The van der Waals surface area contributed by atoms with Crippen molar-refractivity contribution < 1.29 is 14.4 Å². The highest BCUT2D eigenvalue weighted by molar-refractivity contribution is 5.81. The Hall–Kier alpha value is -3.62. The van der Waals surface area contributed by atoms with Gasteiger partial charge in [0.05, 0.1) is 24.2 Å². The van der Waals surface area contributed by atoms with Crippen LogP contribution in [0.2, 0.25) is 0 Å². The van der Waals surface area contributed by atoms with Gasteiger partial charge in [0, 0.05) is 16.7 Å². The first kappa shape index (κ1) is 22.1. The van der Waals surface area contributed by atoms with Crippen LogP contribution in [-0.2, 0) is 15.9 Å². The predicted molar refractivity (Wildman–Crippen MR) is 118 cm³/mol. The first-order valence-electron chi connectivity index (χ1n) is 10.1. The second-order valence-electron chi connectivity index (χ2n) is 7.49. The van der Waals surface area contributed by atoms with Crippen LogP contribution in [0.1, 0.15) is 31.9 Å². The van der Waals surface area contributed by atoms with E-state index in [0.29, 0.717) is 23.5 Å². The standard InChI is InChI=1S/C22H27N5O4/c1-4-30-16-12-22(3,11-15-13-25-21(24)26-20(15)23)19(27(28)29)18(31-5-2)17(16)14-9-7-6-8-10-14/h6-10,12-13,19H,4-5,11H2,1-3H3,(H4,23,24,25,26). The summed E-state index contributed by atoms with van der Waals surface area (Å²) in [5.41, 5.74) is 12.6. The van der Waals surface area contributed by atoms with E-state index in [-0.39, 0.29) is 35.5 Å². The number of nitrogens with zero attached hydrogens (tertiary/aromatic N) is 3. The topological polar surface area (TPSA) is 139 Å². The van der Waals surface area contributed by atoms with Gasteiger partial charge in [-0.3, -0.25) is 10.1 Å². The smallest absolute Gasteiger partial charge is 0.278 e. The highest BCUT2D eigenvalue weighted by Crippen LogP contribution is 2.46. The van der Waals surface area contributed by atoms with Crippen molar-refractivity contribution in [1.82, 2.24) is 9.97 Å². The molecule has 0 spiro atoms. The van der Waals surface area contributed by atoms with Crippen LogP contribution in [-0.4, -0.2) is 34.1 Å². The van der Waals surface area contributed by atoms with Crippen LogP contribution >= 0.6 is 0 Å². The van der Waals surface area contributed by atoms with Gasteiger partial charge in [0.1, 0.15) is 11.6 Å². The third kappa shape index (κ3) is 4.45. The molecule has 0 radical (unpaired) electrons. The van der Waals surface area contributed by atoms with Gasteiger partial charge in [-0.05, 0) is 38.8 Å². The molecule has 9 nitrogen and oxygen atoms in total. The molecule has 164 valence electrons. The molecule has 1 heterocycles. The lowest BCUT2D eigenvalue weighted by Crippen LogP contribution is -2.44. The molecule has 2 atom stereocenters. The van der Waals surface area contributed by atoms with E-state index >= 15 is 0 Å². The molecule has 1 aliphatic rings. The first-order valence-corrected chi connectivity index (χ1v) is 10.1. The fraction of sp³-hybridized carbons (Fsp3) is 0.364. The van der Waals surface area contributed by atoms with Crippen LogP contribution in [0, 0.1) is 15.5 Å². The van der Waals surface area contributed by atoms with E-state index in [4.69, 9.17) is 20.9 Å². The number of benzene rings is 1. The van der Waals surface area contributed by atoms with Gasteiger partial charge in [-0.1, -0.05) is 30.3 Å². The number of rotatable bonds is 8. The van der Waals surface area contributed by atoms with Gasteiger partial charge in [-0.2, -0.15) is 4.98 Å². The second kappa shape index (κ2) is 9.03. The summed E-state index contributed by atoms with van der Waals surface area (Å²) < 4.78 is 11.9. The maximum atomic E-state index is 12.4. The summed E-state index contributed by atoms with van der Waals surface area (Å²) in [7, 11) is 0. The molecule has 9 heteroatoms. The Morgan fingerprint density at radius 2 is 1.84 bits per heavy atom. The minimum Gasteiger partial charge on any atom is -0.493 e. The molecule has 3 rings (SSSR count). The number of nitro groups is 1. The number of aromatic nitrogens is 2. The summed E-state index contributed by atoms with van der Waals surface area (Å²) in [5.74, 6) is 1.04. The molecule has 1 aliphatic carbocycles. The van der Waals surface area contributed by atoms with Gasteiger partial charge in [0.25, 0.3) is 6.04 Å². The Balaban J connectivity index is 2.21. The first-order chi connectivity index (χ1) is 14.8. The van der Waals surface area contributed by atoms with E-state index in [9.17, 15) is 10.1 Å². The molecule has 31 heavy (non-hydrogen) atoms. The van der Waals surface area contributed by atoms with Gasteiger partial charge >= 0.3 is 0 Å². The van der Waals surface area contributed by atoms with E-state index in [1.807, 2.05) is 37.3 Å². The molecule has 2 unspecified atom stereocenters. The molecule has 0 saturated carbocycles. The van der Waals surface area contributed by atoms with Crippen molar-refractivity contribution in [2.45, 2.75) is 33.2 Å². The van der Waals surface area contributed by atoms with Gasteiger partial charge in [0.2, 0.25) is 5.95 Å². The molecule has 0 bridgehead atoms. The minimum absolute atomic E-state index is 0.0488. The fourth-order valence-corrected chi connectivity index (χ4v) is 3.94. The van der Waals surface area contributed by atoms with Crippen LogP contribution in [0.15, 0.2) is 54.1 Å². The number of anilines is 2. The summed E-state index contributed by atoms with van der Waals surface area (Å²) in [6.07, 6.45) is 3.51. The van der Waals surface area contributed by atoms with E-state index in [0.717, 1.165) is 5.56 Å². The molecule has 0 aliphatic heterocycles. The third-order valence-electron chi connectivity index (χ3n) is 5.19. The van der Waals surface area contributed by atoms with Crippen LogP contribution in [0.4, 0.5) is 11.8 Å². The Labute approximate surface area is 180 Å². The molecule has 0 fully saturated rings. The highest BCUT2D eigenvalue weighted by atomic mass is 16.6. The van der Waals surface area contributed by atoms with E-state index in [1.54, 1.807) is 19.9 Å². The number of hydrogen-bond donors (Lipinski definition) is 2. The maximum Gasteiger partial charge on any atom is 0.278 e. The van der Waals surface area contributed by atoms with Crippen molar-refractivity contribution in [3.05, 3.63) is 75.4 Å². The quantitative estimate of drug-likeness (QED) is 0.485. The van der Waals surface area contributed by atoms with Crippen LogP contribution < -0.4 is 11.5 Å². The lowest BCUT2D eigenvalue weighted by Gasteiger charge is -2.36. The largest absolute Gasteiger partial charge is 0.493 e. The molecule has 1 aromatic carbocycles. The minimum atomic E-state index is -1.16. The number of hydrogen-bond acceptors (Lipinski definition) is 8. The Bertz CT molecular complexity index is 1020. The second-order valence-corrected chi connectivity index (χ2v) is 7.49. The molecule has 0 amide bonds. The van der Waals surface area contributed by atoms with Gasteiger partial charge in [-0.25, -0.2) is 4.98 Å². The van der Waals surface area contributed by atoms with Gasteiger partial charge < -0.3 is 20.9 Å². The SMILES string of the molecule is CCOC1=CC(C)(Cc2cnc(N)nc2N)C([N+](=O)[O-])C(OCC)=C1c1ccccc1. The monoisotopic (exact) mass is 425 g/mol. The Kier molecular flexibility index (Phi) is 6.43. The summed E-state index contributed by atoms with van der Waals surface area (Å²) >= 11 is 0. The van der Waals surface area contributed by atoms with E-state index in [1.165, 1.54) is 6.20 Å². The van der Waals surface area contributed by atoms with Crippen molar-refractivity contribution in [2.75, 3.05) is 24.7 Å². The zero-order valence-corrected chi connectivity index (χ0v) is 17.9. The lowest BCUT2D eigenvalue weighted by molar-refractivity contribution is -0.532. The summed E-state index contributed by atoms with van der Waals surface area (Å²) in [6, 6.07) is 8.23. The molecule has 2 aromatic rings. The molecule has 4 N–H and O–H groups in total. The van der Waals surface area contributed by atoms with Crippen LogP contribution in [0.3, 0.4) is 0 Å². The number of nitrogen functional groups attached to an aromatic ring is 2. The Morgan fingerprint density at radius 1 is 1.16 bits per heavy atom. The highest BCUT2D eigenvalue weighted by Gasteiger charge is 2.51. The zero-order chi connectivity index (χ0) is 22.6. The number of nitrogens with two attached hydrogens (primary N) is 2. The van der Waals surface area contributed by atoms with Crippen molar-refractivity contribution in [2.24, 2.45) is 5.41 Å². The summed E-state index contributed by atoms with van der Waals surface area (Å²) in [4.78, 5) is 20.0. The van der Waals surface area contributed by atoms with Crippen LogP contribution in [0.5, 0.6) is 0 Å². The van der Waals surface area contributed by atoms with Crippen molar-refractivity contribution in [3.8, 4) is 0 Å². The van der Waals surface area contributed by atoms with Gasteiger partial charge in [0.15, 0.2) is 5.76 Å². The maximum absolute atomic E-state index is 12.4. The molecule has 1 aromatic heterocycles. The normalized spacial score (nSPS) is 20.9. The zero-order valence-electron chi connectivity index (χ0n) is 17.9.